The smallest absolute Gasteiger partial charge is 0.503 e. The molecule has 0 N–H and O–H groups in total. The number of hydrogen-bond donors (Lipinski definition) is 0. The summed E-state index contributed by atoms with van der Waals surface area (Å²) in [4.78, 5) is 15.7. The molecule has 0 amide bonds. The van der Waals surface area contributed by atoms with Crippen molar-refractivity contribution >= 4 is 28.7 Å². The zero-order chi connectivity index (χ0) is 44.5. The normalized spacial score (nSPS) is 17.7. The van der Waals surface area contributed by atoms with Crippen LogP contribution in [0.1, 0.15) is 116 Å². The van der Waals surface area contributed by atoms with Crippen molar-refractivity contribution in [2.45, 2.75) is 119 Å². The minimum Gasteiger partial charge on any atom is -0.503 e. The Kier molecular flexibility index (Phi) is 12.3. The second kappa shape index (κ2) is 16.9. The van der Waals surface area contributed by atoms with E-state index in [9.17, 15) is 0 Å². The van der Waals surface area contributed by atoms with Crippen LogP contribution in [0.25, 0.3) is 11.1 Å². The molecule has 0 radical (unpaired) electrons. The number of ether oxygens (including phenoxy) is 1. The number of amidine groups is 1. The molecule has 2 aliphatic heterocycles. The largest absolute Gasteiger partial charge is 2.00 e. The summed E-state index contributed by atoms with van der Waals surface area (Å²) in [5, 5.41) is 0. The predicted octanol–water partition coefficient (Wildman–Crippen LogP) is 14.9. The Labute approximate surface area is 392 Å². The van der Waals surface area contributed by atoms with E-state index in [1.165, 1.54) is 27.9 Å². The molecular weight excluding hydrogens is 952 g/mol. The molecule has 0 aliphatic carbocycles. The average Bonchev–Trinajstić information content (AvgIpc) is 3.42. The van der Waals surface area contributed by atoms with Gasteiger partial charge in [-0.2, -0.15) is 6.07 Å². The minimum atomic E-state index is -0.422. The summed E-state index contributed by atoms with van der Waals surface area (Å²) in [5.41, 5.74) is 11.2. The molecular formula is C57H64N4OPt. The summed E-state index contributed by atoms with van der Waals surface area (Å²) in [7, 11) is 0. The molecule has 328 valence electrons. The number of aromatic nitrogens is 1. The van der Waals surface area contributed by atoms with E-state index in [1.54, 1.807) is 0 Å². The van der Waals surface area contributed by atoms with Gasteiger partial charge in [0.2, 0.25) is 0 Å². The number of fused-ring (bicyclic) bond motifs is 2. The van der Waals surface area contributed by atoms with Gasteiger partial charge in [-0.15, -0.1) is 29.3 Å². The maximum Gasteiger partial charge on any atom is 2.00 e. The Bertz CT molecular complexity index is 2640. The molecule has 1 atom stereocenters. The van der Waals surface area contributed by atoms with Crippen LogP contribution in [0.3, 0.4) is 0 Å². The Balaban J connectivity index is 0.00000595. The van der Waals surface area contributed by atoms with Crippen molar-refractivity contribution in [3.63, 3.8) is 0 Å². The third-order valence-electron chi connectivity index (χ3n) is 14.0. The number of benzene rings is 5. The van der Waals surface area contributed by atoms with Crippen LogP contribution in [0.5, 0.6) is 11.5 Å². The SMILES string of the molecule is Cc1cccc(C)c1N1C(c2[c-]c(Oc3[c-]c4c(cc3)C(C)(C)c3ccccc3N4c3cc(C(C)(C)C)ccn3)cc(-c3ccccc3)c2)=N[C@](C)(C(C(C)C)C(C)C)C1(C)C.[Pt+2]. The summed E-state index contributed by atoms with van der Waals surface area (Å²) in [5.74, 6) is 4.13. The number of para-hydroxylation sites is 2. The van der Waals surface area contributed by atoms with E-state index < -0.39 is 5.54 Å². The summed E-state index contributed by atoms with van der Waals surface area (Å²) >= 11 is 0. The molecule has 0 fully saturated rings. The zero-order valence-electron chi connectivity index (χ0n) is 39.7. The third-order valence-corrected chi connectivity index (χ3v) is 14.0. The second-order valence-electron chi connectivity index (χ2n) is 20.6. The van der Waals surface area contributed by atoms with Gasteiger partial charge in [0, 0.05) is 29.1 Å². The summed E-state index contributed by atoms with van der Waals surface area (Å²) < 4.78 is 7.01. The van der Waals surface area contributed by atoms with Gasteiger partial charge < -0.3 is 19.5 Å². The van der Waals surface area contributed by atoms with E-state index in [0.29, 0.717) is 29.3 Å². The monoisotopic (exact) mass is 1020 g/mol. The fourth-order valence-electron chi connectivity index (χ4n) is 10.7. The van der Waals surface area contributed by atoms with Crippen molar-refractivity contribution in [1.29, 1.82) is 0 Å². The van der Waals surface area contributed by atoms with Gasteiger partial charge in [0.15, 0.2) is 0 Å². The van der Waals surface area contributed by atoms with Gasteiger partial charge >= 0.3 is 21.1 Å². The summed E-state index contributed by atoms with van der Waals surface area (Å²) in [6.45, 7) is 32.3. The number of pyridine rings is 1. The number of nitrogens with zero attached hydrogens (tertiary/aromatic N) is 4. The fraction of sp³-hybridized carbons (Fsp3) is 0.368. The van der Waals surface area contributed by atoms with Crippen molar-refractivity contribution in [3.05, 3.63) is 161 Å². The molecule has 6 heteroatoms. The van der Waals surface area contributed by atoms with Crippen molar-refractivity contribution in [1.82, 2.24) is 4.98 Å². The van der Waals surface area contributed by atoms with Crippen LogP contribution in [0.4, 0.5) is 22.9 Å². The first-order valence-corrected chi connectivity index (χ1v) is 22.4. The molecule has 63 heavy (non-hydrogen) atoms. The number of anilines is 4. The molecule has 0 saturated carbocycles. The first-order chi connectivity index (χ1) is 29.2. The molecule has 0 unspecified atom stereocenters. The quantitative estimate of drug-likeness (QED) is 0.135. The molecule has 3 heterocycles. The molecule has 0 spiro atoms. The molecule has 5 aromatic carbocycles. The molecule has 0 bridgehead atoms. The van der Waals surface area contributed by atoms with E-state index in [4.69, 9.17) is 14.7 Å². The van der Waals surface area contributed by atoms with E-state index in [0.717, 1.165) is 45.3 Å². The molecule has 2 aliphatic rings. The maximum atomic E-state index is 7.01. The third kappa shape index (κ3) is 7.98. The van der Waals surface area contributed by atoms with Gasteiger partial charge in [0.1, 0.15) is 5.82 Å². The second-order valence-corrected chi connectivity index (χ2v) is 20.6. The number of aliphatic imine (C=N–C) groups is 1. The standard InChI is InChI=1S/C57H64N4O.Pt/c1-36(2)51(37(3)4)57(14)56(12,13)61(52-38(5)21-20-22-39(52)6)53(59-57)42-31-41(40-23-16-15-17-24-40)32-45(33-42)62-44-27-28-47-49(35-44)60(48-26-19-18-25-46(48)55(47,10)11)50-34-43(29-30-58-50)54(7,8)9;/h15-32,34,36-37,51H,1-14H3;/q-2;+2/t57-;/m1./s1. The van der Waals surface area contributed by atoms with Crippen LogP contribution in [0.15, 0.2) is 120 Å². The van der Waals surface area contributed by atoms with Gasteiger partial charge in [0.05, 0.1) is 16.9 Å². The van der Waals surface area contributed by atoms with Crippen molar-refractivity contribution in [3.8, 4) is 22.6 Å². The molecule has 8 rings (SSSR count). The van der Waals surface area contributed by atoms with Crippen LogP contribution in [-0.4, -0.2) is 21.9 Å². The van der Waals surface area contributed by atoms with Crippen molar-refractivity contribution in [2.24, 2.45) is 22.7 Å². The summed E-state index contributed by atoms with van der Waals surface area (Å²) in [6.07, 6.45) is 1.92. The van der Waals surface area contributed by atoms with Gasteiger partial charge in [-0.3, -0.25) is 0 Å². The van der Waals surface area contributed by atoms with Gasteiger partial charge in [-0.25, -0.2) is 4.98 Å². The summed E-state index contributed by atoms with van der Waals surface area (Å²) in [6, 6.07) is 46.3. The topological polar surface area (TPSA) is 41.0 Å². The van der Waals surface area contributed by atoms with E-state index >= 15 is 0 Å². The number of aryl methyl sites for hydroxylation is 2. The fourth-order valence-corrected chi connectivity index (χ4v) is 10.7. The van der Waals surface area contributed by atoms with Gasteiger partial charge in [0.25, 0.3) is 0 Å². The van der Waals surface area contributed by atoms with E-state index in [2.05, 4.69) is 228 Å². The van der Waals surface area contributed by atoms with E-state index in [1.807, 2.05) is 6.20 Å². The Hall–Kier alpha value is -4.99. The predicted molar refractivity (Wildman–Crippen MR) is 260 cm³/mol. The van der Waals surface area contributed by atoms with Crippen LogP contribution in [-0.2, 0) is 31.9 Å². The minimum absolute atomic E-state index is 0. The Morgan fingerprint density at radius 1 is 0.667 bits per heavy atom. The van der Waals surface area contributed by atoms with Crippen molar-refractivity contribution < 1.29 is 25.8 Å². The van der Waals surface area contributed by atoms with Gasteiger partial charge in [-0.1, -0.05) is 152 Å². The zero-order valence-corrected chi connectivity index (χ0v) is 42.0. The molecule has 6 aromatic rings. The van der Waals surface area contributed by atoms with Crippen LogP contribution in [0, 0.1) is 43.7 Å². The number of rotatable bonds is 9. The molecule has 1 aromatic heterocycles. The first kappa shape index (κ1) is 46.0. The van der Waals surface area contributed by atoms with Gasteiger partial charge in [-0.05, 0) is 109 Å². The Morgan fingerprint density at radius 3 is 1.97 bits per heavy atom. The molecule has 5 nitrogen and oxygen atoms in total. The maximum absolute atomic E-state index is 7.01. The average molecular weight is 1020 g/mol. The van der Waals surface area contributed by atoms with Crippen LogP contribution in [0.2, 0.25) is 0 Å². The van der Waals surface area contributed by atoms with Crippen molar-refractivity contribution in [2.75, 3.05) is 9.80 Å². The van der Waals surface area contributed by atoms with Crippen LogP contribution < -0.4 is 14.5 Å². The first-order valence-electron chi connectivity index (χ1n) is 22.4. The Morgan fingerprint density at radius 2 is 1.32 bits per heavy atom. The molecule has 0 saturated heterocycles. The number of hydrogen-bond acceptors (Lipinski definition) is 5. The van der Waals surface area contributed by atoms with E-state index in [-0.39, 0.29) is 37.4 Å². The van der Waals surface area contributed by atoms with Crippen LogP contribution >= 0.6 is 0 Å².